The van der Waals surface area contributed by atoms with E-state index in [1.54, 1.807) is 41.4 Å². The molecule has 0 N–H and O–H groups in total. The molecule has 2 aliphatic heterocycles. The van der Waals surface area contributed by atoms with Crippen LogP contribution in [-0.2, 0) is 19.8 Å². The van der Waals surface area contributed by atoms with Crippen LogP contribution in [0.4, 0.5) is 13.2 Å². The highest BCUT2D eigenvalue weighted by Gasteiger charge is 2.52. The van der Waals surface area contributed by atoms with E-state index in [4.69, 9.17) is 14.2 Å². The number of alkyl halides is 3. The summed E-state index contributed by atoms with van der Waals surface area (Å²) in [5, 5.41) is 2.93. The Kier molecular flexibility index (Phi) is 6.44. The maximum absolute atomic E-state index is 13.1. The molecule has 174 valence electrons. The molecule has 2 aromatic rings. The summed E-state index contributed by atoms with van der Waals surface area (Å²) in [6.07, 6.45) is -4.42. The van der Waals surface area contributed by atoms with Gasteiger partial charge in [-0.2, -0.15) is 0 Å². The predicted molar refractivity (Wildman–Crippen MR) is 109 cm³/mol. The number of amides is 1. The molecule has 0 spiro atoms. The minimum atomic E-state index is -4.69. The SMILES string of the molecule is Cc1nc([C@]23CCN(C(=O)c4ccc(OCCOC(F)(F)F)c(C)c4)C[C@H]2OCO3)cs1. The third-order valence-corrected chi connectivity index (χ3v) is 6.39. The molecule has 2 atom stereocenters. The third-order valence-electron chi connectivity index (χ3n) is 5.61. The summed E-state index contributed by atoms with van der Waals surface area (Å²) in [4.78, 5) is 19.4. The minimum Gasteiger partial charge on any atom is -0.491 e. The first-order valence-corrected chi connectivity index (χ1v) is 11.0. The molecule has 0 aliphatic carbocycles. The molecular weight excluding hydrogens is 449 g/mol. The van der Waals surface area contributed by atoms with Gasteiger partial charge in [0, 0.05) is 23.9 Å². The quantitative estimate of drug-likeness (QED) is 0.596. The molecule has 4 rings (SSSR count). The fourth-order valence-corrected chi connectivity index (χ4v) is 4.71. The van der Waals surface area contributed by atoms with E-state index in [0.717, 1.165) is 10.7 Å². The Balaban J connectivity index is 1.39. The Morgan fingerprint density at radius 1 is 1.34 bits per heavy atom. The maximum atomic E-state index is 13.1. The smallest absolute Gasteiger partial charge is 0.491 e. The van der Waals surface area contributed by atoms with E-state index < -0.39 is 18.6 Å². The summed E-state index contributed by atoms with van der Waals surface area (Å²) in [6.45, 7) is 3.83. The third kappa shape index (κ3) is 4.75. The number of piperidine rings is 1. The lowest BCUT2D eigenvalue weighted by Crippen LogP contribution is -2.53. The van der Waals surface area contributed by atoms with Crippen molar-refractivity contribution >= 4 is 17.2 Å². The van der Waals surface area contributed by atoms with E-state index in [0.29, 0.717) is 36.4 Å². The first-order valence-electron chi connectivity index (χ1n) is 10.1. The molecule has 32 heavy (non-hydrogen) atoms. The van der Waals surface area contributed by atoms with Gasteiger partial charge in [0.1, 0.15) is 30.9 Å². The molecular formula is C21H23F3N2O5S. The summed E-state index contributed by atoms with van der Waals surface area (Å²) in [5.41, 5.74) is 1.33. The van der Waals surface area contributed by atoms with Gasteiger partial charge in [0.25, 0.3) is 5.91 Å². The molecule has 2 saturated heterocycles. The van der Waals surface area contributed by atoms with Crippen molar-refractivity contribution in [2.75, 3.05) is 33.1 Å². The monoisotopic (exact) mass is 472 g/mol. The standard InChI is InChI=1S/C21H23F3N2O5S/c1-13-9-15(3-4-16(13)28-7-8-30-21(22,23)24)19(27)26-6-5-20(17-11-32-14(2)25-17)18(10-26)29-12-31-20/h3-4,9,11,18H,5-8,10,12H2,1-2H3/t18-,20-/m1/s1. The number of hydrogen-bond acceptors (Lipinski definition) is 7. The highest BCUT2D eigenvalue weighted by atomic mass is 32.1. The van der Waals surface area contributed by atoms with Crippen LogP contribution in [0.25, 0.3) is 0 Å². The summed E-state index contributed by atoms with van der Waals surface area (Å²) in [5.74, 6) is 0.245. The highest BCUT2D eigenvalue weighted by molar-refractivity contribution is 7.09. The normalized spacial score (nSPS) is 23.3. The van der Waals surface area contributed by atoms with Crippen LogP contribution in [0, 0.1) is 13.8 Å². The molecule has 0 saturated carbocycles. The Morgan fingerprint density at radius 3 is 2.84 bits per heavy atom. The van der Waals surface area contributed by atoms with E-state index in [2.05, 4.69) is 9.72 Å². The van der Waals surface area contributed by atoms with Gasteiger partial charge in [-0.05, 0) is 37.6 Å². The number of fused-ring (bicyclic) bond motifs is 1. The number of likely N-dealkylation sites (tertiary alicyclic amines) is 1. The number of hydrogen-bond donors (Lipinski definition) is 0. The lowest BCUT2D eigenvalue weighted by molar-refractivity contribution is -0.325. The molecule has 0 unspecified atom stereocenters. The molecule has 3 heterocycles. The van der Waals surface area contributed by atoms with Crippen molar-refractivity contribution in [1.29, 1.82) is 0 Å². The van der Waals surface area contributed by atoms with Gasteiger partial charge in [-0.25, -0.2) is 4.98 Å². The van der Waals surface area contributed by atoms with Crippen LogP contribution in [0.2, 0.25) is 0 Å². The zero-order chi connectivity index (χ0) is 22.9. The van der Waals surface area contributed by atoms with Gasteiger partial charge < -0.3 is 19.1 Å². The van der Waals surface area contributed by atoms with Crippen molar-refractivity contribution in [2.45, 2.75) is 38.3 Å². The average Bonchev–Trinajstić information content (AvgIpc) is 3.37. The van der Waals surface area contributed by atoms with Crippen molar-refractivity contribution in [1.82, 2.24) is 9.88 Å². The van der Waals surface area contributed by atoms with Crippen molar-refractivity contribution in [3.05, 3.63) is 45.4 Å². The van der Waals surface area contributed by atoms with Crippen molar-refractivity contribution < 1.29 is 36.9 Å². The zero-order valence-electron chi connectivity index (χ0n) is 17.6. The van der Waals surface area contributed by atoms with Gasteiger partial charge in [0.15, 0.2) is 0 Å². The summed E-state index contributed by atoms with van der Waals surface area (Å²) >= 11 is 1.55. The molecule has 0 bridgehead atoms. The number of carbonyl (C=O) groups excluding carboxylic acids is 1. The van der Waals surface area contributed by atoms with Crippen molar-refractivity contribution in [3.8, 4) is 5.75 Å². The van der Waals surface area contributed by atoms with Gasteiger partial charge in [0.05, 0.1) is 23.9 Å². The van der Waals surface area contributed by atoms with Gasteiger partial charge in [0.2, 0.25) is 0 Å². The first-order chi connectivity index (χ1) is 15.2. The van der Waals surface area contributed by atoms with Crippen LogP contribution in [0.1, 0.15) is 33.0 Å². The lowest BCUT2D eigenvalue weighted by Gasteiger charge is -2.40. The fraction of sp³-hybridized carbons (Fsp3) is 0.524. The van der Waals surface area contributed by atoms with E-state index in [-0.39, 0.29) is 25.4 Å². The Labute approximate surface area is 187 Å². The Hall–Kier alpha value is -2.21. The molecule has 1 amide bonds. The number of halogens is 3. The van der Waals surface area contributed by atoms with Crippen LogP contribution in [0.3, 0.4) is 0 Å². The highest BCUT2D eigenvalue weighted by Crippen LogP contribution is 2.43. The van der Waals surface area contributed by atoms with Crippen LogP contribution in [0.15, 0.2) is 23.6 Å². The molecule has 2 fully saturated rings. The van der Waals surface area contributed by atoms with E-state index in [9.17, 15) is 18.0 Å². The Morgan fingerprint density at radius 2 is 2.16 bits per heavy atom. The second-order valence-corrected chi connectivity index (χ2v) is 8.75. The van der Waals surface area contributed by atoms with E-state index in [1.807, 2.05) is 12.3 Å². The lowest BCUT2D eigenvalue weighted by atomic mass is 9.85. The molecule has 11 heteroatoms. The summed E-state index contributed by atoms with van der Waals surface area (Å²) < 4.78 is 56.9. The number of rotatable bonds is 6. The summed E-state index contributed by atoms with van der Waals surface area (Å²) in [7, 11) is 0. The van der Waals surface area contributed by atoms with Crippen LogP contribution < -0.4 is 4.74 Å². The number of nitrogens with zero attached hydrogens (tertiary/aromatic N) is 2. The Bertz CT molecular complexity index is 983. The number of carbonyl (C=O) groups is 1. The van der Waals surface area contributed by atoms with Crippen LogP contribution in [0.5, 0.6) is 5.75 Å². The van der Waals surface area contributed by atoms with Crippen LogP contribution >= 0.6 is 11.3 Å². The number of ether oxygens (including phenoxy) is 4. The molecule has 7 nitrogen and oxygen atoms in total. The molecule has 0 radical (unpaired) electrons. The number of thiazole rings is 1. The fourth-order valence-electron chi connectivity index (χ4n) is 4.02. The topological polar surface area (TPSA) is 70.1 Å². The van der Waals surface area contributed by atoms with E-state index in [1.165, 1.54) is 0 Å². The zero-order valence-corrected chi connectivity index (χ0v) is 18.4. The van der Waals surface area contributed by atoms with Gasteiger partial charge in [-0.15, -0.1) is 24.5 Å². The largest absolute Gasteiger partial charge is 0.522 e. The molecule has 1 aromatic heterocycles. The summed E-state index contributed by atoms with van der Waals surface area (Å²) in [6, 6.07) is 4.85. The second-order valence-electron chi connectivity index (χ2n) is 7.68. The molecule has 2 aliphatic rings. The number of benzene rings is 1. The van der Waals surface area contributed by atoms with Crippen molar-refractivity contribution in [3.63, 3.8) is 0 Å². The molecule has 1 aromatic carbocycles. The predicted octanol–water partition coefficient (Wildman–Crippen LogP) is 3.79. The second kappa shape index (κ2) is 8.97. The average molecular weight is 472 g/mol. The maximum Gasteiger partial charge on any atom is 0.522 e. The van der Waals surface area contributed by atoms with Gasteiger partial charge in [-0.1, -0.05) is 0 Å². The van der Waals surface area contributed by atoms with Crippen LogP contribution in [-0.4, -0.2) is 61.4 Å². The van der Waals surface area contributed by atoms with Crippen molar-refractivity contribution in [2.24, 2.45) is 0 Å². The number of aromatic nitrogens is 1. The van der Waals surface area contributed by atoms with Gasteiger partial charge in [-0.3, -0.25) is 9.53 Å². The van der Waals surface area contributed by atoms with E-state index >= 15 is 0 Å². The van der Waals surface area contributed by atoms with Gasteiger partial charge >= 0.3 is 6.36 Å². The number of aryl methyl sites for hydroxylation is 2. The first kappa shape index (κ1) is 23.0. The minimum absolute atomic E-state index is 0.154.